The summed E-state index contributed by atoms with van der Waals surface area (Å²) in [5.74, 6) is 1.56. The fraction of sp³-hybridized carbons (Fsp3) is 0.278. The van der Waals surface area contributed by atoms with Crippen molar-refractivity contribution in [1.29, 1.82) is 0 Å². The van der Waals surface area contributed by atoms with Crippen molar-refractivity contribution in [3.63, 3.8) is 0 Å². The van der Waals surface area contributed by atoms with Gasteiger partial charge < -0.3 is 10.2 Å². The van der Waals surface area contributed by atoms with Crippen molar-refractivity contribution in [2.75, 3.05) is 23.3 Å². The molecule has 0 amide bonds. The molecule has 122 valence electrons. The summed E-state index contributed by atoms with van der Waals surface area (Å²) in [7, 11) is 0. The van der Waals surface area contributed by atoms with Crippen molar-refractivity contribution in [3.8, 4) is 0 Å². The maximum atomic E-state index is 4.78. The molecule has 4 heterocycles. The quantitative estimate of drug-likeness (QED) is 0.732. The van der Waals surface area contributed by atoms with Gasteiger partial charge in [-0.15, -0.1) is 11.7 Å². The maximum Gasteiger partial charge on any atom is 0.246 e. The lowest BCUT2D eigenvalue weighted by atomic mass is 10.1. The fourth-order valence-electron chi connectivity index (χ4n) is 3.23. The van der Waals surface area contributed by atoms with Crippen LogP contribution in [0.1, 0.15) is 24.6 Å². The van der Waals surface area contributed by atoms with E-state index < -0.39 is 0 Å². The Balaban J connectivity index is 1.73. The lowest BCUT2D eigenvalue weighted by molar-refractivity contribution is 0.670. The molecular weight excluding hydrogens is 300 g/mol. The molecular formula is C18H20N6. The van der Waals surface area contributed by atoms with Crippen molar-refractivity contribution in [2.45, 2.75) is 18.9 Å². The molecule has 1 aliphatic rings. The highest BCUT2D eigenvalue weighted by molar-refractivity contribution is 5.69. The minimum Gasteiger partial charge on any atom is -0.365 e. The zero-order valence-corrected chi connectivity index (χ0v) is 13.5. The normalized spacial score (nSPS) is 17.3. The zero-order valence-electron chi connectivity index (χ0n) is 13.5. The Morgan fingerprint density at radius 3 is 3.08 bits per heavy atom. The predicted molar refractivity (Wildman–Crippen MR) is 95.2 cm³/mol. The van der Waals surface area contributed by atoms with Crippen molar-refractivity contribution in [2.24, 2.45) is 0 Å². The smallest absolute Gasteiger partial charge is 0.246 e. The molecule has 1 saturated heterocycles. The Labute approximate surface area is 140 Å². The highest BCUT2D eigenvalue weighted by Gasteiger charge is 2.29. The summed E-state index contributed by atoms with van der Waals surface area (Å²) in [6, 6.07) is 10.3. The fourth-order valence-corrected chi connectivity index (χ4v) is 3.23. The van der Waals surface area contributed by atoms with Gasteiger partial charge in [-0.3, -0.25) is 4.98 Å². The molecule has 24 heavy (non-hydrogen) atoms. The van der Waals surface area contributed by atoms with Crippen LogP contribution < -0.4 is 10.2 Å². The zero-order chi connectivity index (χ0) is 16.4. The van der Waals surface area contributed by atoms with Gasteiger partial charge in [-0.05, 0) is 37.1 Å². The SMILES string of the molecule is C=CCNc1nc(N2CCCC2c2ccccn2)nn2cccc12. The summed E-state index contributed by atoms with van der Waals surface area (Å²) < 4.78 is 1.88. The van der Waals surface area contributed by atoms with Crippen LogP contribution in [-0.4, -0.2) is 32.7 Å². The molecule has 1 aliphatic heterocycles. The van der Waals surface area contributed by atoms with E-state index in [2.05, 4.69) is 27.8 Å². The van der Waals surface area contributed by atoms with E-state index in [4.69, 9.17) is 10.1 Å². The van der Waals surface area contributed by atoms with Gasteiger partial charge in [0.2, 0.25) is 5.95 Å². The first-order chi connectivity index (χ1) is 11.9. The molecule has 1 atom stereocenters. The van der Waals surface area contributed by atoms with Crippen LogP contribution in [0.15, 0.2) is 55.4 Å². The summed E-state index contributed by atoms with van der Waals surface area (Å²) >= 11 is 0. The molecule has 1 N–H and O–H groups in total. The van der Waals surface area contributed by atoms with Gasteiger partial charge in [0.25, 0.3) is 0 Å². The Hall–Kier alpha value is -2.89. The largest absolute Gasteiger partial charge is 0.365 e. The van der Waals surface area contributed by atoms with Crippen LogP contribution in [0.2, 0.25) is 0 Å². The average molecular weight is 320 g/mol. The molecule has 4 rings (SSSR count). The van der Waals surface area contributed by atoms with Crippen LogP contribution >= 0.6 is 0 Å². The summed E-state index contributed by atoms with van der Waals surface area (Å²) in [5, 5.41) is 8.01. The average Bonchev–Trinajstić information content (AvgIpc) is 3.29. The van der Waals surface area contributed by atoms with Crippen molar-refractivity contribution < 1.29 is 0 Å². The Morgan fingerprint density at radius 2 is 2.25 bits per heavy atom. The third-order valence-electron chi connectivity index (χ3n) is 4.33. The van der Waals surface area contributed by atoms with E-state index >= 15 is 0 Å². The van der Waals surface area contributed by atoms with Crippen LogP contribution in [0.4, 0.5) is 11.8 Å². The second-order valence-electron chi connectivity index (χ2n) is 5.87. The molecule has 0 aromatic carbocycles. The number of aromatic nitrogens is 4. The topological polar surface area (TPSA) is 58.4 Å². The first kappa shape index (κ1) is 14.7. The Kier molecular flexibility index (Phi) is 3.86. The molecule has 6 nitrogen and oxygen atoms in total. The van der Waals surface area contributed by atoms with Crippen LogP contribution in [0.3, 0.4) is 0 Å². The van der Waals surface area contributed by atoms with Crippen LogP contribution in [0.25, 0.3) is 5.52 Å². The van der Waals surface area contributed by atoms with E-state index in [1.165, 1.54) is 0 Å². The number of fused-ring (bicyclic) bond motifs is 1. The Bertz CT molecular complexity index is 841. The number of hydrogen-bond acceptors (Lipinski definition) is 5. The van der Waals surface area contributed by atoms with E-state index in [0.29, 0.717) is 6.54 Å². The molecule has 0 bridgehead atoms. The Morgan fingerprint density at radius 1 is 1.29 bits per heavy atom. The third kappa shape index (κ3) is 2.60. The van der Waals surface area contributed by atoms with Gasteiger partial charge in [0.05, 0.1) is 11.7 Å². The van der Waals surface area contributed by atoms with E-state index in [0.717, 1.165) is 42.4 Å². The number of hydrogen-bond donors (Lipinski definition) is 1. The summed E-state index contributed by atoms with van der Waals surface area (Å²) in [5.41, 5.74) is 2.04. The van der Waals surface area contributed by atoms with Crippen LogP contribution in [0, 0.1) is 0 Å². The number of nitrogens with one attached hydrogen (secondary N) is 1. The van der Waals surface area contributed by atoms with Crippen LogP contribution in [0.5, 0.6) is 0 Å². The van der Waals surface area contributed by atoms with E-state index in [9.17, 15) is 0 Å². The van der Waals surface area contributed by atoms with Crippen molar-refractivity contribution >= 4 is 17.3 Å². The first-order valence-electron chi connectivity index (χ1n) is 8.24. The van der Waals surface area contributed by atoms with E-state index in [-0.39, 0.29) is 6.04 Å². The number of anilines is 2. The van der Waals surface area contributed by atoms with Crippen molar-refractivity contribution in [1.82, 2.24) is 19.6 Å². The summed E-state index contributed by atoms with van der Waals surface area (Å²) in [6.45, 7) is 5.37. The number of nitrogens with zero attached hydrogens (tertiary/aromatic N) is 5. The monoisotopic (exact) mass is 320 g/mol. The van der Waals surface area contributed by atoms with Crippen molar-refractivity contribution in [3.05, 3.63) is 61.1 Å². The van der Waals surface area contributed by atoms with Gasteiger partial charge in [-0.1, -0.05) is 12.1 Å². The molecule has 3 aromatic rings. The molecule has 3 aromatic heterocycles. The van der Waals surface area contributed by atoms with Gasteiger partial charge in [0, 0.05) is 25.5 Å². The molecule has 1 fully saturated rings. The van der Waals surface area contributed by atoms with Gasteiger partial charge in [0.1, 0.15) is 5.52 Å². The standard InChI is InChI=1S/C18H20N6/c1-2-10-20-17-16-9-6-13-24(16)22-18(21-17)23-12-5-8-15(23)14-7-3-4-11-19-14/h2-4,6-7,9,11,13,15H,1,5,8,10,12H2,(H,20,21,22). The summed E-state index contributed by atoms with van der Waals surface area (Å²) in [4.78, 5) is 11.6. The van der Waals surface area contributed by atoms with Gasteiger partial charge in [0.15, 0.2) is 5.82 Å². The highest BCUT2D eigenvalue weighted by atomic mass is 15.4. The number of rotatable bonds is 5. The molecule has 0 radical (unpaired) electrons. The van der Waals surface area contributed by atoms with E-state index in [1.807, 2.05) is 47.3 Å². The first-order valence-corrected chi connectivity index (χ1v) is 8.24. The third-order valence-corrected chi connectivity index (χ3v) is 4.33. The molecule has 0 saturated carbocycles. The molecule has 1 unspecified atom stereocenters. The predicted octanol–water partition coefficient (Wildman–Crippen LogP) is 3.06. The molecule has 6 heteroatoms. The van der Waals surface area contributed by atoms with Gasteiger partial charge in [-0.25, -0.2) is 4.52 Å². The van der Waals surface area contributed by atoms with Crippen LogP contribution in [-0.2, 0) is 0 Å². The lowest BCUT2D eigenvalue weighted by Gasteiger charge is -2.24. The van der Waals surface area contributed by atoms with Gasteiger partial charge >= 0.3 is 0 Å². The van der Waals surface area contributed by atoms with E-state index in [1.54, 1.807) is 0 Å². The second-order valence-corrected chi connectivity index (χ2v) is 5.87. The second kappa shape index (κ2) is 6.31. The molecule has 0 spiro atoms. The highest BCUT2D eigenvalue weighted by Crippen LogP contribution is 2.34. The summed E-state index contributed by atoms with van der Waals surface area (Å²) in [6.07, 6.45) is 7.81. The number of pyridine rings is 1. The maximum absolute atomic E-state index is 4.78. The van der Waals surface area contributed by atoms with Gasteiger partial charge in [-0.2, -0.15) is 4.98 Å². The minimum atomic E-state index is 0.228. The lowest BCUT2D eigenvalue weighted by Crippen LogP contribution is -2.26. The molecule has 0 aliphatic carbocycles. The minimum absolute atomic E-state index is 0.228.